The van der Waals surface area contributed by atoms with Gasteiger partial charge in [0.05, 0.1) is 0 Å². The zero-order valence-corrected chi connectivity index (χ0v) is 14.6. The SMILES string of the molecule is Cc1ccc2c(c1)C(C)CC1(CCCCC1)N2C(=O)C(C)Cl. The van der Waals surface area contributed by atoms with E-state index in [1.54, 1.807) is 6.92 Å². The van der Waals surface area contributed by atoms with Crippen LogP contribution in [0.2, 0.25) is 0 Å². The lowest BCUT2D eigenvalue weighted by atomic mass is 9.70. The number of carbonyl (C=O) groups excluding carboxylic acids is 1. The molecule has 2 unspecified atom stereocenters. The molecule has 1 aliphatic carbocycles. The summed E-state index contributed by atoms with van der Waals surface area (Å²) in [6, 6.07) is 6.50. The molecular formula is C19H26ClNO. The first kappa shape index (κ1) is 15.9. The van der Waals surface area contributed by atoms with Crippen LogP contribution in [0, 0.1) is 6.92 Å². The summed E-state index contributed by atoms with van der Waals surface area (Å²) >= 11 is 6.21. The van der Waals surface area contributed by atoms with Crippen molar-refractivity contribution in [2.45, 2.75) is 76.1 Å². The van der Waals surface area contributed by atoms with Gasteiger partial charge in [0.2, 0.25) is 5.91 Å². The normalized spacial score (nSPS) is 24.9. The predicted molar refractivity (Wildman–Crippen MR) is 92.8 cm³/mol. The smallest absolute Gasteiger partial charge is 0.245 e. The Bertz CT molecular complexity index is 575. The van der Waals surface area contributed by atoms with E-state index in [-0.39, 0.29) is 11.4 Å². The van der Waals surface area contributed by atoms with Crippen molar-refractivity contribution in [3.63, 3.8) is 0 Å². The van der Waals surface area contributed by atoms with E-state index in [0.717, 1.165) is 24.9 Å². The number of anilines is 1. The Balaban J connectivity index is 2.13. The Hall–Kier alpha value is -1.02. The van der Waals surface area contributed by atoms with Crippen LogP contribution >= 0.6 is 11.6 Å². The van der Waals surface area contributed by atoms with Crippen LogP contribution < -0.4 is 4.90 Å². The van der Waals surface area contributed by atoms with Crippen molar-refractivity contribution in [2.75, 3.05) is 4.90 Å². The van der Waals surface area contributed by atoms with E-state index in [1.807, 2.05) is 0 Å². The standard InChI is InChI=1S/C19H26ClNO/c1-13-7-8-17-16(11-13)14(2)12-19(9-5-4-6-10-19)21(17)18(22)15(3)20/h7-8,11,14-15H,4-6,9-10,12H2,1-3H3. The second-order valence-corrected chi connectivity index (χ2v) is 7.90. The number of benzene rings is 1. The van der Waals surface area contributed by atoms with Gasteiger partial charge in [-0.15, -0.1) is 11.6 Å². The number of alkyl halides is 1. The molecule has 3 heteroatoms. The summed E-state index contributed by atoms with van der Waals surface area (Å²) < 4.78 is 0. The van der Waals surface area contributed by atoms with Gasteiger partial charge >= 0.3 is 0 Å². The number of halogens is 1. The fraction of sp³-hybridized carbons (Fsp3) is 0.632. The number of hydrogen-bond acceptors (Lipinski definition) is 1. The molecule has 0 bridgehead atoms. The molecule has 1 aromatic carbocycles. The van der Waals surface area contributed by atoms with Crippen molar-refractivity contribution < 1.29 is 4.79 Å². The summed E-state index contributed by atoms with van der Waals surface area (Å²) in [5.41, 5.74) is 3.65. The molecule has 1 heterocycles. The van der Waals surface area contributed by atoms with Crippen LogP contribution in [-0.2, 0) is 4.79 Å². The number of hydrogen-bond donors (Lipinski definition) is 0. The van der Waals surface area contributed by atoms with Gasteiger partial charge < -0.3 is 4.90 Å². The maximum Gasteiger partial charge on any atom is 0.245 e. The quantitative estimate of drug-likeness (QED) is 0.654. The molecule has 3 rings (SSSR count). The van der Waals surface area contributed by atoms with Gasteiger partial charge in [0, 0.05) is 11.2 Å². The van der Waals surface area contributed by atoms with Crippen LogP contribution in [0.4, 0.5) is 5.69 Å². The van der Waals surface area contributed by atoms with Crippen LogP contribution in [0.3, 0.4) is 0 Å². The van der Waals surface area contributed by atoms with Crippen LogP contribution in [0.5, 0.6) is 0 Å². The Labute approximate surface area is 138 Å². The van der Waals surface area contributed by atoms with Crippen molar-refractivity contribution in [1.82, 2.24) is 0 Å². The molecule has 0 aromatic heterocycles. The average molecular weight is 320 g/mol. The summed E-state index contributed by atoms with van der Waals surface area (Å²) in [6.07, 6.45) is 7.01. The van der Waals surface area contributed by atoms with Gasteiger partial charge in [-0.2, -0.15) is 0 Å². The molecule has 1 saturated carbocycles. The zero-order chi connectivity index (χ0) is 15.9. The van der Waals surface area contributed by atoms with E-state index >= 15 is 0 Å². The first-order valence-corrected chi connectivity index (χ1v) is 8.97. The maximum atomic E-state index is 12.9. The fourth-order valence-electron chi connectivity index (χ4n) is 4.47. The minimum absolute atomic E-state index is 0.0137. The topological polar surface area (TPSA) is 20.3 Å². The molecule has 1 aliphatic heterocycles. The second-order valence-electron chi connectivity index (χ2n) is 7.24. The number of amides is 1. The van der Waals surface area contributed by atoms with Crippen molar-refractivity contribution in [2.24, 2.45) is 0 Å². The molecule has 1 fully saturated rings. The Morgan fingerprint density at radius 2 is 2.00 bits per heavy atom. The van der Waals surface area contributed by atoms with Crippen LogP contribution in [0.15, 0.2) is 18.2 Å². The Morgan fingerprint density at radius 1 is 1.32 bits per heavy atom. The summed E-state index contributed by atoms with van der Waals surface area (Å²) in [6.45, 7) is 6.22. The highest BCUT2D eigenvalue weighted by Gasteiger charge is 2.47. The van der Waals surface area contributed by atoms with Gasteiger partial charge in [0.25, 0.3) is 0 Å². The summed E-state index contributed by atoms with van der Waals surface area (Å²) in [5, 5.41) is -0.471. The van der Waals surface area contributed by atoms with Crippen molar-refractivity contribution in [1.29, 1.82) is 0 Å². The van der Waals surface area contributed by atoms with Crippen molar-refractivity contribution in [3.05, 3.63) is 29.3 Å². The highest BCUT2D eigenvalue weighted by Crippen LogP contribution is 2.50. The third kappa shape index (κ3) is 2.56. The number of fused-ring (bicyclic) bond motifs is 1. The number of carbonyl (C=O) groups is 1. The van der Waals surface area contributed by atoms with Gasteiger partial charge in [0.1, 0.15) is 5.38 Å². The molecular weight excluding hydrogens is 294 g/mol. The third-order valence-corrected chi connectivity index (χ3v) is 5.65. The third-order valence-electron chi connectivity index (χ3n) is 5.46. The summed E-state index contributed by atoms with van der Waals surface area (Å²) in [4.78, 5) is 15.0. The van der Waals surface area contributed by atoms with Gasteiger partial charge in [-0.05, 0) is 50.7 Å². The monoisotopic (exact) mass is 319 g/mol. The molecule has 0 saturated heterocycles. The van der Waals surface area contributed by atoms with E-state index in [9.17, 15) is 4.79 Å². The Morgan fingerprint density at radius 3 is 2.64 bits per heavy atom. The zero-order valence-electron chi connectivity index (χ0n) is 13.9. The van der Waals surface area contributed by atoms with Gasteiger partial charge in [0.15, 0.2) is 0 Å². The lowest BCUT2D eigenvalue weighted by Gasteiger charge is -2.52. The highest BCUT2D eigenvalue weighted by atomic mass is 35.5. The number of rotatable bonds is 1. The van der Waals surface area contributed by atoms with Crippen LogP contribution in [0.1, 0.15) is 69.4 Å². The Kier molecular flexibility index (Phi) is 4.24. The molecule has 2 nitrogen and oxygen atoms in total. The molecule has 2 aliphatic rings. The van der Waals surface area contributed by atoms with Gasteiger partial charge in [-0.1, -0.05) is 43.9 Å². The summed E-state index contributed by atoms with van der Waals surface area (Å²) in [5.74, 6) is 0.572. The molecule has 1 spiro atoms. The highest BCUT2D eigenvalue weighted by molar-refractivity contribution is 6.32. The molecule has 1 aromatic rings. The van der Waals surface area contributed by atoms with Crippen LogP contribution in [0.25, 0.3) is 0 Å². The largest absolute Gasteiger partial charge is 0.305 e. The maximum absolute atomic E-state index is 12.9. The van der Waals surface area contributed by atoms with Gasteiger partial charge in [-0.25, -0.2) is 0 Å². The van der Waals surface area contributed by atoms with Crippen LogP contribution in [-0.4, -0.2) is 16.8 Å². The lowest BCUT2D eigenvalue weighted by Crippen LogP contribution is -2.58. The lowest BCUT2D eigenvalue weighted by molar-refractivity contribution is -0.119. The van der Waals surface area contributed by atoms with Crippen molar-refractivity contribution >= 4 is 23.2 Å². The molecule has 0 radical (unpaired) electrons. The van der Waals surface area contributed by atoms with Gasteiger partial charge in [-0.3, -0.25) is 4.79 Å². The molecule has 2 atom stereocenters. The average Bonchev–Trinajstić information content (AvgIpc) is 2.48. The van der Waals surface area contributed by atoms with E-state index in [1.165, 1.54) is 30.4 Å². The van der Waals surface area contributed by atoms with E-state index < -0.39 is 5.38 Å². The summed E-state index contributed by atoms with van der Waals surface area (Å²) in [7, 11) is 0. The number of aryl methyl sites for hydroxylation is 1. The minimum atomic E-state index is -0.471. The minimum Gasteiger partial charge on any atom is -0.305 e. The van der Waals surface area contributed by atoms with E-state index in [0.29, 0.717) is 5.92 Å². The first-order valence-electron chi connectivity index (χ1n) is 8.53. The fourth-order valence-corrected chi connectivity index (χ4v) is 4.56. The molecule has 1 amide bonds. The molecule has 22 heavy (non-hydrogen) atoms. The first-order chi connectivity index (χ1) is 10.4. The van der Waals surface area contributed by atoms with Crippen molar-refractivity contribution in [3.8, 4) is 0 Å². The number of nitrogens with zero attached hydrogens (tertiary/aromatic N) is 1. The molecule has 0 N–H and O–H groups in total. The second kappa shape index (κ2) is 5.88. The predicted octanol–water partition coefficient (Wildman–Crippen LogP) is 5.17. The molecule has 120 valence electrons. The van der Waals surface area contributed by atoms with E-state index in [4.69, 9.17) is 11.6 Å². The van der Waals surface area contributed by atoms with E-state index in [2.05, 4.69) is 36.9 Å².